The number of ether oxygens (including phenoxy) is 2. The first kappa shape index (κ1) is 13.7. The van der Waals surface area contributed by atoms with E-state index in [2.05, 4.69) is 11.0 Å². The monoisotopic (exact) mass is 263 g/mol. The van der Waals surface area contributed by atoms with Crippen LogP contribution in [0.25, 0.3) is 0 Å². The Kier molecular flexibility index (Phi) is 3.69. The van der Waals surface area contributed by atoms with E-state index in [9.17, 15) is 4.79 Å². The molecule has 0 amide bonds. The predicted molar refractivity (Wildman–Crippen MR) is 74.7 cm³/mol. The van der Waals surface area contributed by atoms with Crippen LogP contribution in [0.1, 0.15) is 18.4 Å². The molecule has 1 aliphatic carbocycles. The van der Waals surface area contributed by atoms with E-state index in [1.165, 1.54) is 7.11 Å². The molecule has 0 atom stereocenters. The van der Waals surface area contributed by atoms with Gasteiger partial charge in [-0.3, -0.25) is 4.79 Å². The number of carbonyl (C=O) groups excluding carboxylic acids is 1. The van der Waals surface area contributed by atoms with Gasteiger partial charge in [-0.25, -0.2) is 0 Å². The van der Waals surface area contributed by atoms with Crippen LogP contribution in [0.2, 0.25) is 0 Å². The summed E-state index contributed by atoms with van der Waals surface area (Å²) in [6, 6.07) is 6.05. The number of hydrogen-bond donors (Lipinski definition) is 0. The highest BCUT2D eigenvalue weighted by Crippen LogP contribution is 2.47. The van der Waals surface area contributed by atoms with Crippen LogP contribution >= 0.6 is 0 Å². The summed E-state index contributed by atoms with van der Waals surface area (Å²) in [5.41, 5.74) is 1.89. The Labute approximate surface area is 114 Å². The van der Waals surface area contributed by atoms with Crippen LogP contribution in [-0.4, -0.2) is 33.8 Å². The van der Waals surface area contributed by atoms with E-state index in [0.717, 1.165) is 29.8 Å². The molecule has 0 spiro atoms. The molecule has 0 radical (unpaired) electrons. The Morgan fingerprint density at radius 3 is 2.53 bits per heavy atom. The largest absolute Gasteiger partial charge is 0.496 e. The van der Waals surface area contributed by atoms with E-state index >= 15 is 0 Å². The standard InChI is InChI=1S/C15H21NO3/c1-11-9-12(5-6-13(11)18-3)16(2)10-15(7-8-15)14(17)19-4/h5-6,9H,7-8,10H2,1-4H3. The number of methoxy groups -OCH3 is 2. The molecule has 0 aromatic heterocycles. The molecule has 1 aromatic carbocycles. The topological polar surface area (TPSA) is 38.8 Å². The van der Waals surface area contributed by atoms with Crippen molar-refractivity contribution < 1.29 is 14.3 Å². The van der Waals surface area contributed by atoms with Crippen molar-refractivity contribution in [3.63, 3.8) is 0 Å². The lowest BCUT2D eigenvalue weighted by Crippen LogP contribution is -2.32. The second kappa shape index (κ2) is 5.11. The van der Waals surface area contributed by atoms with Gasteiger partial charge >= 0.3 is 5.97 Å². The molecule has 0 unspecified atom stereocenters. The Bertz CT molecular complexity index is 480. The second-order valence-electron chi connectivity index (χ2n) is 5.28. The summed E-state index contributed by atoms with van der Waals surface area (Å²) in [6.45, 7) is 2.72. The molecule has 4 heteroatoms. The Morgan fingerprint density at radius 2 is 2.05 bits per heavy atom. The van der Waals surface area contributed by atoms with Crippen molar-refractivity contribution in [3.8, 4) is 5.75 Å². The van der Waals surface area contributed by atoms with Crippen molar-refractivity contribution in [2.24, 2.45) is 5.41 Å². The van der Waals surface area contributed by atoms with Crippen LogP contribution in [0.4, 0.5) is 5.69 Å². The summed E-state index contributed by atoms with van der Waals surface area (Å²) in [7, 11) is 5.13. The van der Waals surface area contributed by atoms with Gasteiger partial charge in [0.05, 0.1) is 19.6 Å². The van der Waals surface area contributed by atoms with Crippen molar-refractivity contribution in [2.75, 3.05) is 32.7 Å². The maximum Gasteiger partial charge on any atom is 0.313 e. The third-order valence-electron chi connectivity index (χ3n) is 3.83. The predicted octanol–water partition coefficient (Wildman–Crippen LogP) is 2.39. The van der Waals surface area contributed by atoms with Crippen LogP contribution in [0, 0.1) is 12.3 Å². The molecule has 104 valence electrons. The third-order valence-corrected chi connectivity index (χ3v) is 3.83. The summed E-state index contributed by atoms with van der Waals surface area (Å²) in [5.74, 6) is 0.788. The molecule has 19 heavy (non-hydrogen) atoms. The number of aryl methyl sites for hydroxylation is 1. The Hall–Kier alpha value is -1.71. The van der Waals surface area contributed by atoms with Crippen LogP contribution < -0.4 is 9.64 Å². The minimum Gasteiger partial charge on any atom is -0.496 e. The van der Waals surface area contributed by atoms with Crippen LogP contribution in [0.5, 0.6) is 5.75 Å². The first-order chi connectivity index (χ1) is 9.02. The van der Waals surface area contributed by atoms with Gasteiger partial charge < -0.3 is 14.4 Å². The van der Waals surface area contributed by atoms with Gasteiger partial charge in [-0.2, -0.15) is 0 Å². The summed E-state index contributed by atoms with van der Waals surface area (Å²) in [6.07, 6.45) is 1.83. The average Bonchev–Trinajstić information content (AvgIpc) is 3.18. The highest BCUT2D eigenvalue weighted by Gasteiger charge is 2.51. The van der Waals surface area contributed by atoms with Gasteiger partial charge in [0, 0.05) is 19.3 Å². The minimum atomic E-state index is -0.294. The van der Waals surface area contributed by atoms with Crippen LogP contribution in [-0.2, 0) is 9.53 Å². The Balaban J connectivity index is 2.10. The number of benzene rings is 1. The van der Waals surface area contributed by atoms with E-state index in [0.29, 0.717) is 6.54 Å². The zero-order valence-electron chi connectivity index (χ0n) is 12.0. The fraction of sp³-hybridized carbons (Fsp3) is 0.533. The van der Waals surface area contributed by atoms with Gasteiger partial charge in [0.25, 0.3) is 0 Å². The number of esters is 1. The lowest BCUT2D eigenvalue weighted by molar-refractivity contribution is -0.146. The van der Waals surface area contributed by atoms with Crippen molar-refractivity contribution in [2.45, 2.75) is 19.8 Å². The summed E-state index contributed by atoms with van der Waals surface area (Å²) >= 11 is 0. The first-order valence-corrected chi connectivity index (χ1v) is 6.46. The van der Waals surface area contributed by atoms with Crippen LogP contribution in [0.15, 0.2) is 18.2 Å². The average molecular weight is 263 g/mol. The molecule has 2 rings (SSSR count). The summed E-state index contributed by atoms with van der Waals surface area (Å²) < 4.78 is 10.1. The lowest BCUT2D eigenvalue weighted by Gasteiger charge is -2.24. The highest BCUT2D eigenvalue weighted by atomic mass is 16.5. The molecule has 0 N–H and O–H groups in total. The summed E-state index contributed by atoms with van der Waals surface area (Å²) in [5, 5.41) is 0. The molecule has 0 bridgehead atoms. The van der Waals surface area contributed by atoms with Crippen molar-refractivity contribution in [1.29, 1.82) is 0 Å². The molecule has 1 fully saturated rings. The minimum absolute atomic E-state index is 0.0930. The Morgan fingerprint density at radius 1 is 1.37 bits per heavy atom. The fourth-order valence-electron chi connectivity index (χ4n) is 2.44. The number of anilines is 1. The van der Waals surface area contributed by atoms with E-state index in [1.54, 1.807) is 7.11 Å². The smallest absolute Gasteiger partial charge is 0.313 e. The normalized spacial score (nSPS) is 15.8. The van der Waals surface area contributed by atoms with E-state index < -0.39 is 0 Å². The van der Waals surface area contributed by atoms with E-state index in [-0.39, 0.29) is 11.4 Å². The van der Waals surface area contributed by atoms with E-state index in [4.69, 9.17) is 9.47 Å². The second-order valence-corrected chi connectivity index (χ2v) is 5.28. The highest BCUT2D eigenvalue weighted by molar-refractivity contribution is 5.80. The van der Waals surface area contributed by atoms with Gasteiger partial charge in [0.2, 0.25) is 0 Å². The number of nitrogens with zero attached hydrogens (tertiary/aromatic N) is 1. The van der Waals surface area contributed by atoms with Crippen molar-refractivity contribution in [3.05, 3.63) is 23.8 Å². The van der Waals surface area contributed by atoms with Crippen molar-refractivity contribution >= 4 is 11.7 Å². The lowest BCUT2D eigenvalue weighted by atomic mass is 10.1. The number of hydrogen-bond acceptors (Lipinski definition) is 4. The van der Waals surface area contributed by atoms with Crippen LogP contribution in [0.3, 0.4) is 0 Å². The van der Waals surface area contributed by atoms with Gasteiger partial charge in [-0.05, 0) is 43.5 Å². The molecular formula is C15H21NO3. The molecular weight excluding hydrogens is 242 g/mol. The summed E-state index contributed by atoms with van der Waals surface area (Å²) in [4.78, 5) is 13.9. The number of rotatable bonds is 5. The molecule has 0 heterocycles. The molecule has 4 nitrogen and oxygen atoms in total. The maximum atomic E-state index is 11.8. The number of carbonyl (C=O) groups is 1. The molecule has 1 aliphatic rings. The zero-order valence-corrected chi connectivity index (χ0v) is 12.0. The van der Waals surface area contributed by atoms with Gasteiger partial charge in [-0.1, -0.05) is 0 Å². The molecule has 0 aliphatic heterocycles. The fourth-order valence-corrected chi connectivity index (χ4v) is 2.44. The van der Waals surface area contributed by atoms with Gasteiger partial charge in [-0.15, -0.1) is 0 Å². The quantitative estimate of drug-likeness (QED) is 0.765. The maximum absolute atomic E-state index is 11.8. The van der Waals surface area contributed by atoms with Crippen molar-refractivity contribution in [1.82, 2.24) is 0 Å². The third kappa shape index (κ3) is 2.67. The molecule has 1 aromatic rings. The van der Waals surface area contributed by atoms with Gasteiger partial charge in [0.1, 0.15) is 5.75 Å². The molecule has 1 saturated carbocycles. The van der Waals surface area contributed by atoms with E-state index in [1.807, 2.05) is 26.1 Å². The SMILES string of the molecule is COC(=O)C1(CN(C)c2ccc(OC)c(C)c2)CC1. The first-order valence-electron chi connectivity index (χ1n) is 6.46. The molecule has 0 saturated heterocycles. The zero-order chi connectivity index (χ0) is 14.0. The van der Waals surface area contributed by atoms with Gasteiger partial charge in [0.15, 0.2) is 0 Å².